The van der Waals surface area contributed by atoms with Crippen LogP contribution in [-0.2, 0) is 13.0 Å². The number of rotatable bonds is 5. The molecule has 0 fully saturated rings. The smallest absolute Gasteiger partial charge is 0.337 e. The first kappa shape index (κ1) is 13.5. The average Bonchev–Trinajstić information content (AvgIpc) is 2.73. The van der Waals surface area contributed by atoms with Gasteiger partial charge in [0, 0.05) is 19.5 Å². The van der Waals surface area contributed by atoms with E-state index in [4.69, 9.17) is 0 Å². The Morgan fingerprint density at radius 3 is 2.74 bits per heavy atom. The van der Waals surface area contributed by atoms with Crippen LogP contribution in [0, 0.1) is 0 Å². The van der Waals surface area contributed by atoms with Gasteiger partial charge in [-0.05, 0) is 26.2 Å². The van der Waals surface area contributed by atoms with Crippen molar-refractivity contribution in [1.82, 2.24) is 14.5 Å². The van der Waals surface area contributed by atoms with Gasteiger partial charge in [-0.3, -0.25) is 0 Å². The summed E-state index contributed by atoms with van der Waals surface area (Å²) >= 11 is 0. The topological polar surface area (TPSA) is 58.4 Å². The second kappa shape index (κ2) is 5.40. The third kappa shape index (κ3) is 2.61. The van der Waals surface area contributed by atoms with Crippen LogP contribution in [0.2, 0.25) is 0 Å². The molecule has 2 aromatic rings. The number of benzene rings is 1. The summed E-state index contributed by atoms with van der Waals surface area (Å²) < 4.78 is 2.11. The summed E-state index contributed by atoms with van der Waals surface area (Å²) in [6.45, 7) is 3.75. The fraction of sp³-hybridized carbons (Fsp3) is 0.429. The maximum atomic E-state index is 11.2. The van der Waals surface area contributed by atoms with E-state index < -0.39 is 5.97 Å². The molecule has 19 heavy (non-hydrogen) atoms. The number of aryl methyl sites for hydroxylation is 1. The Morgan fingerprint density at radius 2 is 2.16 bits per heavy atom. The summed E-state index contributed by atoms with van der Waals surface area (Å²) in [4.78, 5) is 17.8. The van der Waals surface area contributed by atoms with E-state index in [1.54, 1.807) is 12.1 Å². The van der Waals surface area contributed by atoms with Gasteiger partial charge >= 0.3 is 5.97 Å². The summed E-state index contributed by atoms with van der Waals surface area (Å²) in [6.07, 6.45) is 0.793. The Morgan fingerprint density at radius 1 is 1.42 bits per heavy atom. The molecule has 0 atom stereocenters. The fourth-order valence-corrected chi connectivity index (χ4v) is 2.19. The molecule has 0 bridgehead atoms. The lowest BCUT2D eigenvalue weighted by Crippen LogP contribution is -2.19. The Bertz CT molecular complexity index is 602. The standard InChI is InChI=1S/C14H19N3O2/c1-4-12-15-13-10(14(18)19)6-5-7-11(13)17(12)9-8-16(2)3/h5-7H,4,8-9H2,1-3H3,(H,18,19). The van der Waals surface area contributed by atoms with Crippen LogP contribution in [0.1, 0.15) is 23.1 Å². The van der Waals surface area contributed by atoms with E-state index >= 15 is 0 Å². The first-order valence-electron chi connectivity index (χ1n) is 6.40. The molecule has 0 spiro atoms. The van der Waals surface area contributed by atoms with Crippen LogP contribution in [0.15, 0.2) is 18.2 Å². The van der Waals surface area contributed by atoms with Crippen molar-refractivity contribution < 1.29 is 9.90 Å². The molecule has 0 saturated carbocycles. The summed E-state index contributed by atoms with van der Waals surface area (Å²) in [6, 6.07) is 5.32. The van der Waals surface area contributed by atoms with Gasteiger partial charge in [-0.2, -0.15) is 0 Å². The molecular formula is C14H19N3O2. The fourth-order valence-electron chi connectivity index (χ4n) is 2.19. The summed E-state index contributed by atoms with van der Waals surface area (Å²) in [5.41, 5.74) is 1.76. The van der Waals surface area contributed by atoms with E-state index in [9.17, 15) is 9.90 Å². The third-order valence-electron chi connectivity index (χ3n) is 3.18. The number of para-hydroxylation sites is 1. The lowest BCUT2D eigenvalue weighted by molar-refractivity contribution is 0.0699. The number of aromatic carboxylic acids is 1. The number of imidazole rings is 1. The summed E-state index contributed by atoms with van der Waals surface area (Å²) in [5.74, 6) is 0.0102. The van der Waals surface area contributed by atoms with Gasteiger partial charge in [0.25, 0.3) is 0 Å². The zero-order valence-electron chi connectivity index (χ0n) is 11.6. The Hall–Kier alpha value is -1.88. The molecule has 0 aliphatic carbocycles. The number of hydrogen-bond donors (Lipinski definition) is 1. The Kier molecular flexibility index (Phi) is 3.85. The Balaban J connectivity index is 2.55. The van der Waals surface area contributed by atoms with Crippen LogP contribution in [0.3, 0.4) is 0 Å². The summed E-state index contributed by atoms with van der Waals surface area (Å²) in [7, 11) is 4.04. The van der Waals surface area contributed by atoms with Gasteiger partial charge in [0.1, 0.15) is 11.3 Å². The van der Waals surface area contributed by atoms with Gasteiger partial charge in [0.15, 0.2) is 0 Å². The number of aromatic nitrogens is 2. The highest BCUT2D eigenvalue weighted by Gasteiger charge is 2.15. The number of carboxylic acid groups (broad SMARTS) is 1. The van der Waals surface area contributed by atoms with Crippen molar-refractivity contribution in [3.8, 4) is 0 Å². The third-order valence-corrected chi connectivity index (χ3v) is 3.18. The quantitative estimate of drug-likeness (QED) is 0.892. The van der Waals surface area contributed by atoms with E-state index in [1.165, 1.54) is 0 Å². The molecule has 0 aliphatic heterocycles. The predicted molar refractivity (Wildman–Crippen MR) is 74.6 cm³/mol. The first-order valence-corrected chi connectivity index (χ1v) is 6.40. The van der Waals surface area contributed by atoms with E-state index in [-0.39, 0.29) is 5.56 Å². The van der Waals surface area contributed by atoms with Gasteiger partial charge in [-0.1, -0.05) is 13.0 Å². The number of hydrogen-bond acceptors (Lipinski definition) is 3. The molecule has 1 N–H and O–H groups in total. The number of likely N-dealkylation sites (N-methyl/N-ethyl adjacent to an activating group) is 1. The largest absolute Gasteiger partial charge is 0.478 e. The SMILES string of the molecule is CCc1nc2c(C(=O)O)cccc2n1CCN(C)C. The van der Waals surface area contributed by atoms with Crippen LogP contribution >= 0.6 is 0 Å². The van der Waals surface area contributed by atoms with Gasteiger partial charge in [0.05, 0.1) is 11.1 Å². The van der Waals surface area contributed by atoms with E-state index in [2.05, 4.69) is 14.5 Å². The molecule has 2 rings (SSSR count). The number of fused-ring (bicyclic) bond motifs is 1. The maximum absolute atomic E-state index is 11.2. The molecule has 1 heterocycles. The minimum Gasteiger partial charge on any atom is -0.478 e. The minimum absolute atomic E-state index is 0.274. The van der Waals surface area contributed by atoms with Gasteiger partial charge in [0.2, 0.25) is 0 Å². The Labute approximate surface area is 112 Å². The molecule has 1 aromatic carbocycles. The predicted octanol–water partition coefficient (Wildman–Crippen LogP) is 1.86. The molecule has 5 heteroatoms. The molecule has 5 nitrogen and oxygen atoms in total. The van der Waals surface area contributed by atoms with Crippen molar-refractivity contribution in [2.24, 2.45) is 0 Å². The van der Waals surface area contributed by atoms with Gasteiger partial charge in [-0.15, -0.1) is 0 Å². The molecule has 102 valence electrons. The maximum Gasteiger partial charge on any atom is 0.337 e. The molecule has 1 aromatic heterocycles. The number of carboxylic acids is 1. The van der Waals surface area contributed by atoms with Gasteiger partial charge in [-0.25, -0.2) is 9.78 Å². The first-order chi connectivity index (χ1) is 9.04. The van der Waals surface area contributed by atoms with E-state index in [0.29, 0.717) is 5.52 Å². The molecule has 0 amide bonds. The van der Waals surface area contributed by atoms with Crippen LogP contribution in [-0.4, -0.2) is 46.2 Å². The van der Waals surface area contributed by atoms with Crippen LogP contribution in [0.25, 0.3) is 11.0 Å². The zero-order chi connectivity index (χ0) is 14.0. The minimum atomic E-state index is -0.925. The van der Waals surface area contributed by atoms with E-state index in [1.807, 2.05) is 27.1 Å². The van der Waals surface area contributed by atoms with Crippen molar-refractivity contribution in [2.45, 2.75) is 19.9 Å². The molecular weight excluding hydrogens is 242 g/mol. The number of carbonyl (C=O) groups is 1. The molecule has 0 aliphatic rings. The molecule has 0 unspecified atom stereocenters. The lowest BCUT2D eigenvalue weighted by Gasteiger charge is -2.12. The highest BCUT2D eigenvalue weighted by Crippen LogP contribution is 2.20. The lowest BCUT2D eigenvalue weighted by atomic mass is 10.2. The van der Waals surface area contributed by atoms with Crippen molar-refractivity contribution >= 4 is 17.0 Å². The summed E-state index contributed by atoms with van der Waals surface area (Å²) in [5, 5.41) is 9.22. The van der Waals surface area contributed by atoms with Crippen LogP contribution in [0.5, 0.6) is 0 Å². The second-order valence-corrected chi connectivity index (χ2v) is 4.81. The average molecular weight is 261 g/mol. The normalized spacial score (nSPS) is 11.4. The highest BCUT2D eigenvalue weighted by atomic mass is 16.4. The molecule has 0 saturated heterocycles. The highest BCUT2D eigenvalue weighted by molar-refractivity contribution is 6.01. The van der Waals surface area contributed by atoms with Crippen molar-refractivity contribution in [2.75, 3.05) is 20.6 Å². The van der Waals surface area contributed by atoms with Crippen molar-refractivity contribution in [1.29, 1.82) is 0 Å². The van der Waals surface area contributed by atoms with E-state index in [0.717, 1.165) is 30.9 Å². The molecule has 0 radical (unpaired) electrons. The number of nitrogens with zero attached hydrogens (tertiary/aromatic N) is 3. The van der Waals surface area contributed by atoms with Crippen molar-refractivity contribution in [3.05, 3.63) is 29.6 Å². The van der Waals surface area contributed by atoms with Gasteiger partial charge < -0.3 is 14.6 Å². The van der Waals surface area contributed by atoms with Crippen LogP contribution in [0.4, 0.5) is 0 Å². The second-order valence-electron chi connectivity index (χ2n) is 4.81. The monoisotopic (exact) mass is 261 g/mol. The van der Waals surface area contributed by atoms with Crippen molar-refractivity contribution in [3.63, 3.8) is 0 Å². The van der Waals surface area contributed by atoms with Crippen LogP contribution < -0.4 is 0 Å². The zero-order valence-corrected chi connectivity index (χ0v) is 11.6.